The minimum Gasteiger partial charge on any atom is -0.466 e. The Labute approximate surface area is 120 Å². The summed E-state index contributed by atoms with van der Waals surface area (Å²) in [5.74, 6) is -0.473. The van der Waals surface area contributed by atoms with E-state index in [0.29, 0.717) is 30.0 Å². The molecule has 0 saturated carbocycles. The van der Waals surface area contributed by atoms with E-state index in [2.05, 4.69) is 20.9 Å². The first-order valence-corrected chi connectivity index (χ1v) is 7.13. The zero-order valence-electron chi connectivity index (χ0n) is 10.7. The van der Waals surface area contributed by atoms with Crippen LogP contribution in [0, 0.1) is 11.7 Å². The number of esters is 1. The molecule has 1 aliphatic rings. The van der Waals surface area contributed by atoms with Crippen LogP contribution in [0.2, 0.25) is 0 Å². The number of carbonyl (C=O) groups excluding carboxylic acids is 1. The normalized spacial score (nSPS) is 19.3. The second-order valence-electron chi connectivity index (χ2n) is 4.50. The van der Waals surface area contributed by atoms with Crippen LogP contribution < -0.4 is 4.90 Å². The molecule has 2 rings (SSSR count). The fourth-order valence-electron chi connectivity index (χ4n) is 2.26. The average Bonchev–Trinajstić information content (AvgIpc) is 2.39. The van der Waals surface area contributed by atoms with Crippen LogP contribution in [0.5, 0.6) is 0 Å². The number of hydrogen-bond acceptors (Lipinski definition) is 4. The first-order valence-electron chi connectivity index (χ1n) is 6.34. The van der Waals surface area contributed by atoms with Crippen LogP contribution in [0.25, 0.3) is 0 Å². The zero-order chi connectivity index (χ0) is 13.8. The third kappa shape index (κ3) is 3.43. The number of hydrogen-bond donors (Lipinski definition) is 0. The molecule has 0 spiro atoms. The lowest BCUT2D eigenvalue weighted by Crippen LogP contribution is -2.40. The molecule has 0 radical (unpaired) electrons. The molecule has 0 bridgehead atoms. The molecule has 1 saturated heterocycles. The number of rotatable bonds is 3. The van der Waals surface area contributed by atoms with E-state index in [0.717, 1.165) is 12.8 Å². The molecule has 1 aliphatic heterocycles. The summed E-state index contributed by atoms with van der Waals surface area (Å²) in [6.45, 7) is 3.33. The van der Waals surface area contributed by atoms with Crippen LogP contribution in [-0.2, 0) is 9.53 Å². The van der Waals surface area contributed by atoms with Crippen molar-refractivity contribution in [1.29, 1.82) is 0 Å². The van der Waals surface area contributed by atoms with Crippen molar-refractivity contribution >= 4 is 27.7 Å². The predicted molar refractivity (Wildman–Crippen MR) is 73.5 cm³/mol. The van der Waals surface area contributed by atoms with Gasteiger partial charge in [0, 0.05) is 23.8 Å². The molecule has 1 aromatic rings. The van der Waals surface area contributed by atoms with Crippen molar-refractivity contribution in [2.24, 2.45) is 5.92 Å². The maximum atomic E-state index is 13.9. The number of aromatic nitrogens is 1. The summed E-state index contributed by atoms with van der Waals surface area (Å²) in [5, 5.41) is 0. The third-order valence-electron chi connectivity index (χ3n) is 3.13. The molecule has 104 valence electrons. The van der Waals surface area contributed by atoms with Crippen LogP contribution in [0.4, 0.5) is 10.2 Å². The molecule has 1 fully saturated rings. The van der Waals surface area contributed by atoms with Gasteiger partial charge in [-0.25, -0.2) is 9.37 Å². The summed E-state index contributed by atoms with van der Waals surface area (Å²) in [4.78, 5) is 17.6. The second-order valence-corrected chi connectivity index (χ2v) is 5.41. The molecule has 1 atom stereocenters. The molecule has 1 aromatic heterocycles. The molecular weight excluding hydrogens is 315 g/mol. The highest BCUT2D eigenvalue weighted by Crippen LogP contribution is 2.26. The van der Waals surface area contributed by atoms with E-state index < -0.39 is 0 Å². The predicted octanol–water partition coefficient (Wildman–Crippen LogP) is 2.76. The van der Waals surface area contributed by atoms with Crippen LogP contribution in [0.15, 0.2) is 16.7 Å². The van der Waals surface area contributed by atoms with E-state index >= 15 is 0 Å². The molecule has 1 unspecified atom stereocenters. The summed E-state index contributed by atoms with van der Waals surface area (Å²) in [5.41, 5.74) is 0. The molecule has 0 amide bonds. The fourth-order valence-corrected chi connectivity index (χ4v) is 2.57. The molecule has 0 N–H and O–H groups in total. The van der Waals surface area contributed by atoms with Gasteiger partial charge in [0.1, 0.15) is 0 Å². The largest absolute Gasteiger partial charge is 0.466 e. The van der Waals surface area contributed by atoms with Gasteiger partial charge in [-0.3, -0.25) is 4.79 Å². The highest BCUT2D eigenvalue weighted by Gasteiger charge is 2.28. The standard InChI is InChI=1S/C13H16BrFN2O2/c1-2-19-13(18)9-4-3-5-17(8-9)12-11(15)6-10(14)7-16-12/h6-7,9H,2-5,8H2,1H3. The Balaban J connectivity index is 2.10. The van der Waals surface area contributed by atoms with Gasteiger partial charge >= 0.3 is 5.97 Å². The number of anilines is 1. The Morgan fingerprint density at radius 3 is 3.16 bits per heavy atom. The van der Waals surface area contributed by atoms with Crippen molar-refractivity contribution in [2.45, 2.75) is 19.8 Å². The van der Waals surface area contributed by atoms with Crippen molar-refractivity contribution in [1.82, 2.24) is 4.98 Å². The lowest BCUT2D eigenvalue weighted by Gasteiger charge is -2.32. The first-order chi connectivity index (χ1) is 9.11. The van der Waals surface area contributed by atoms with Gasteiger partial charge in [0.25, 0.3) is 0 Å². The molecule has 0 aromatic carbocycles. The summed E-state index contributed by atoms with van der Waals surface area (Å²) in [6.07, 6.45) is 3.18. The van der Waals surface area contributed by atoms with E-state index in [1.165, 1.54) is 6.07 Å². The van der Waals surface area contributed by atoms with E-state index in [1.54, 1.807) is 13.1 Å². The van der Waals surface area contributed by atoms with Gasteiger partial charge in [-0.15, -0.1) is 0 Å². The highest BCUT2D eigenvalue weighted by molar-refractivity contribution is 9.10. The number of pyridine rings is 1. The van der Waals surface area contributed by atoms with Gasteiger partial charge in [-0.2, -0.15) is 0 Å². The Bertz CT molecular complexity index is 470. The molecule has 2 heterocycles. The van der Waals surface area contributed by atoms with Gasteiger partial charge in [0.15, 0.2) is 11.6 Å². The fraction of sp³-hybridized carbons (Fsp3) is 0.538. The van der Waals surface area contributed by atoms with Crippen molar-refractivity contribution < 1.29 is 13.9 Å². The van der Waals surface area contributed by atoms with E-state index in [4.69, 9.17) is 4.74 Å². The molecule has 4 nitrogen and oxygen atoms in total. The van der Waals surface area contributed by atoms with E-state index in [1.807, 2.05) is 4.90 Å². The summed E-state index contributed by atoms with van der Waals surface area (Å²) in [7, 11) is 0. The Morgan fingerprint density at radius 1 is 1.68 bits per heavy atom. The second kappa shape index (κ2) is 6.32. The highest BCUT2D eigenvalue weighted by atomic mass is 79.9. The monoisotopic (exact) mass is 330 g/mol. The number of piperidine rings is 1. The zero-order valence-corrected chi connectivity index (χ0v) is 12.3. The molecule has 19 heavy (non-hydrogen) atoms. The maximum absolute atomic E-state index is 13.9. The summed E-state index contributed by atoms with van der Waals surface area (Å²) in [6, 6.07) is 1.39. The van der Waals surface area contributed by atoms with Crippen molar-refractivity contribution in [3.8, 4) is 0 Å². The van der Waals surface area contributed by atoms with Crippen LogP contribution in [0.3, 0.4) is 0 Å². The van der Waals surface area contributed by atoms with Gasteiger partial charge in [-0.1, -0.05) is 0 Å². The minimum atomic E-state index is -0.376. The summed E-state index contributed by atoms with van der Waals surface area (Å²) >= 11 is 3.18. The SMILES string of the molecule is CCOC(=O)C1CCCN(c2ncc(Br)cc2F)C1. The van der Waals surface area contributed by atoms with Gasteiger partial charge in [0.2, 0.25) is 0 Å². The average molecular weight is 331 g/mol. The summed E-state index contributed by atoms with van der Waals surface area (Å²) < 4.78 is 19.5. The quantitative estimate of drug-likeness (QED) is 0.799. The Hall–Kier alpha value is -1.17. The van der Waals surface area contributed by atoms with Gasteiger partial charge < -0.3 is 9.64 Å². The smallest absolute Gasteiger partial charge is 0.310 e. The number of ether oxygens (including phenoxy) is 1. The minimum absolute atomic E-state index is 0.196. The van der Waals surface area contributed by atoms with Crippen molar-refractivity contribution in [3.63, 3.8) is 0 Å². The van der Waals surface area contributed by atoms with Gasteiger partial charge in [-0.05, 0) is 41.8 Å². The lowest BCUT2D eigenvalue weighted by molar-refractivity contribution is -0.148. The van der Waals surface area contributed by atoms with Gasteiger partial charge in [0.05, 0.1) is 12.5 Å². The topological polar surface area (TPSA) is 42.4 Å². The number of nitrogens with zero attached hydrogens (tertiary/aromatic N) is 2. The maximum Gasteiger partial charge on any atom is 0.310 e. The lowest BCUT2D eigenvalue weighted by atomic mass is 9.98. The molecular formula is C13H16BrFN2O2. The van der Waals surface area contributed by atoms with Crippen molar-refractivity contribution in [3.05, 3.63) is 22.6 Å². The Kier molecular flexibility index (Phi) is 4.74. The van der Waals surface area contributed by atoms with Crippen molar-refractivity contribution in [2.75, 3.05) is 24.6 Å². The van der Waals surface area contributed by atoms with E-state index in [-0.39, 0.29) is 17.7 Å². The van der Waals surface area contributed by atoms with E-state index in [9.17, 15) is 9.18 Å². The van der Waals surface area contributed by atoms with Crippen LogP contribution in [-0.4, -0.2) is 30.6 Å². The third-order valence-corrected chi connectivity index (χ3v) is 3.56. The Morgan fingerprint density at radius 2 is 2.47 bits per heavy atom. The number of carbonyl (C=O) groups is 1. The van der Waals surface area contributed by atoms with Crippen LogP contribution in [0.1, 0.15) is 19.8 Å². The molecule has 6 heteroatoms. The number of halogens is 2. The first kappa shape index (κ1) is 14.2. The molecule has 0 aliphatic carbocycles. The van der Waals surface area contributed by atoms with Crippen LogP contribution >= 0.6 is 15.9 Å².